The second kappa shape index (κ2) is 9.28. The third-order valence-electron chi connectivity index (χ3n) is 6.22. The largest absolute Gasteiger partial charge is 0.503 e. The Bertz CT molecular complexity index is 1150. The lowest BCUT2D eigenvalue weighted by molar-refractivity contribution is 0.0106. The zero-order valence-corrected chi connectivity index (χ0v) is 17.7. The van der Waals surface area contributed by atoms with Gasteiger partial charge in [-0.25, -0.2) is 14.2 Å². The normalized spacial score (nSPS) is 20.5. The number of fused-ring (bicyclic) bond motifs is 1. The van der Waals surface area contributed by atoms with Crippen molar-refractivity contribution in [3.8, 4) is 5.75 Å². The first-order chi connectivity index (χ1) is 15.8. The lowest BCUT2D eigenvalue weighted by Gasteiger charge is -2.42. The van der Waals surface area contributed by atoms with Crippen LogP contribution in [0.2, 0.25) is 0 Å². The highest BCUT2D eigenvalue weighted by atomic mass is 19.1. The summed E-state index contributed by atoms with van der Waals surface area (Å²) in [5.74, 6) is -4.08. The summed E-state index contributed by atoms with van der Waals surface area (Å²) in [5.41, 5.74) is 1.26. The summed E-state index contributed by atoms with van der Waals surface area (Å²) >= 11 is 0. The fourth-order valence-electron chi connectivity index (χ4n) is 4.44. The summed E-state index contributed by atoms with van der Waals surface area (Å²) < 4.78 is 28.1. The van der Waals surface area contributed by atoms with Gasteiger partial charge in [0.2, 0.25) is 5.43 Å². The lowest BCUT2D eigenvalue weighted by Crippen LogP contribution is -2.58. The average molecular weight is 462 g/mol. The summed E-state index contributed by atoms with van der Waals surface area (Å²) in [7, 11) is 0. The SMILES string of the molecule is O=C(NCc1ccc(F)cc1F)c1cn2c(c(O)c1=O)C(=O)N(C1CCCCC1CO)NC2. The van der Waals surface area contributed by atoms with Gasteiger partial charge in [0, 0.05) is 36.9 Å². The number of rotatable bonds is 5. The van der Waals surface area contributed by atoms with Crippen molar-refractivity contribution in [1.82, 2.24) is 20.3 Å². The van der Waals surface area contributed by atoms with E-state index in [0.717, 1.165) is 31.5 Å². The number of aliphatic hydroxyl groups is 1. The maximum atomic E-state index is 13.8. The van der Waals surface area contributed by atoms with Crippen molar-refractivity contribution < 1.29 is 28.6 Å². The van der Waals surface area contributed by atoms with Crippen molar-refractivity contribution >= 4 is 11.8 Å². The number of amides is 2. The summed E-state index contributed by atoms with van der Waals surface area (Å²) in [5, 5.41) is 23.9. The number of nitrogens with one attached hydrogen (secondary N) is 2. The Morgan fingerprint density at radius 3 is 2.70 bits per heavy atom. The van der Waals surface area contributed by atoms with E-state index < -0.39 is 40.2 Å². The van der Waals surface area contributed by atoms with Gasteiger partial charge in [-0.3, -0.25) is 19.4 Å². The van der Waals surface area contributed by atoms with Gasteiger partial charge in [-0.1, -0.05) is 18.9 Å². The first-order valence-corrected chi connectivity index (χ1v) is 10.7. The van der Waals surface area contributed by atoms with Gasteiger partial charge in [0.25, 0.3) is 11.8 Å². The second-order valence-electron chi connectivity index (χ2n) is 8.24. The molecular formula is C22H24F2N4O5. The Labute approximate surface area is 187 Å². The van der Waals surface area contributed by atoms with E-state index in [4.69, 9.17) is 0 Å². The van der Waals surface area contributed by atoms with E-state index in [1.165, 1.54) is 15.6 Å². The maximum absolute atomic E-state index is 13.8. The Balaban J connectivity index is 1.57. The van der Waals surface area contributed by atoms with Crippen LogP contribution in [0.5, 0.6) is 5.75 Å². The molecule has 0 spiro atoms. The van der Waals surface area contributed by atoms with Gasteiger partial charge in [-0.2, -0.15) is 0 Å². The number of pyridine rings is 1. The highest BCUT2D eigenvalue weighted by molar-refractivity contribution is 5.98. The predicted molar refractivity (Wildman–Crippen MR) is 112 cm³/mol. The number of nitrogens with zero attached hydrogens (tertiary/aromatic N) is 2. The highest BCUT2D eigenvalue weighted by Crippen LogP contribution is 2.30. The molecular weight excluding hydrogens is 438 g/mol. The molecule has 176 valence electrons. The number of hydrogen-bond donors (Lipinski definition) is 4. The first-order valence-electron chi connectivity index (χ1n) is 10.7. The number of halogens is 2. The van der Waals surface area contributed by atoms with Crippen molar-refractivity contribution in [2.75, 3.05) is 6.61 Å². The average Bonchev–Trinajstić information content (AvgIpc) is 2.80. The minimum Gasteiger partial charge on any atom is -0.503 e. The van der Waals surface area contributed by atoms with Crippen LogP contribution in [0.1, 0.15) is 52.1 Å². The number of hydrogen-bond acceptors (Lipinski definition) is 6. The molecule has 0 radical (unpaired) electrons. The molecule has 2 atom stereocenters. The zero-order chi connectivity index (χ0) is 23.7. The van der Waals surface area contributed by atoms with Crippen molar-refractivity contribution in [3.05, 3.63) is 63.1 Å². The number of benzene rings is 1. The molecule has 1 fully saturated rings. The molecule has 2 heterocycles. The van der Waals surface area contributed by atoms with Crippen LogP contribution in [0.15, 0.2) is 29.2 Å². The molecule has 2 aromatic rings. The molecule has 9 nitrogen and oxygen atoms in total. The van der Waals surface area contributed by atoms with Gasteiger partial charge in [0.15, 0.2) is 11.4 Å². The van der Waals surface area contributed by atoms with E-state index >= 15 is 0 Å². The van der Waals surface area contributed by atoms with Crippen LogP contribution in [-0.2, 0) is 13.2 Å². The third-order valence-corrected chi connectivity index (χ3v) is 6.22. The van der Waals surface area contributed by atoms with Crippen LogP contribution in [0.25, 0.3) is 0 Å². The van der Waals surface area contributed by atoms with Gasteiger partial charge < -0.3 is 20.1 Å². The standard InChI is InChI=1S/C22H24F2N4O5/c23-14-6-5-12(16(24)7-14)8-25-21(32)15-9-27-11-26-28(17-4-2-1-3-13(17)10-29)22(33)18(27)20(31)19(15)30/h5-7,9,13,17,26,29,31H,1-4,8,10-11H2,(H,25,32). The molecule has 2 amide bonds. The van der Waals surface area contributed by atoms with Crippen molar-refractivity contribution in [2.45, 2.75) is 44.9 Å². The Morgan fingerprint density at radius 1 is 1.21 bits per heavy atom. The summed E-state index contributed by atoms with van der Waals surface area (Å²) in [6.45, 7) is -0.374. The van der Waals surface area contributed by atoms with E-state index in [1.54, 1.807) is 0 Å². The fourth-order valence-corrected chi connectivity index (χ4v) is 4.44. The highest BCUT2D eigenvalue weighted by Gasteiger charge is 2.38. The van der Waals surface area contributed by atoms with E-state index in [1.807, 2.05) is 0 Å². The second-order valence-corrected chi connectivity index (χ2v) is 8.24. The number of aromatic hydroxyl groups is 1. The number of aliphatic hydroxyl groups excluding tert-OH is 1. The first kappa shape index (κ1) is 22.9. The van der Waals surface area contributed by atoms with Crippen LogP contribution < -0.4 is 16.2 Å². The minimum absolute atomic E-state index is 0.0103. The molecule has 33 heavy (non-hydrogen) atoms. The Hall–Kier alpha value is -3.31. The van der Waals surface area contributed by atoms with E-state index in [-0.39, 0.29) is 43.0 Å². The Morgan fingerprint density at radius 2 is 1.97 bits per heavy atom. The number of hydrazine groups is 1. The molecule has 1 aliphatic heterocycles. The lowest BCUT2D eigenvalue weighted by atomic mass is 9.84. The van der Waals surface area contributed by atoms with Crippen LogP contribution >= 0.6 is 0 Å². The fraction of sp³-hybridized carbons (Fsp3) is 0.409. The van der Waals surface area contributed by atoms with E-state index in [9.17, 15) is 33.4 Å². The Kier molecular flexibility index (Phi) is 6.43. The van der Waals surface area contributed by atoms with Crippen molar-refractivity contribution in [1.29, 1.82) is 0 Å². The molecule has 1 saturated carbocycles. The molecule has 2 aliphatic rings. The molecule has 4 rings (SSSR count). The minimum atomic E-state index is -1.03. The molecule has 1 aromatic carbocycles. The smallest absolute Gasteiger partial charge is 0.288 e. The van der Waals surface area contributed by atoms with Gasteiger partial charge in [0.1, 0.15) is 17.2 Å². The third kappa shape index (κ3) is 4.33. The maximum Gasteiger partial charge on any atom is 0.288 e. The topological polar surface area (TPSA) is 124 Å². The van der Waals surface area contributed by atoms with Crippen molar-refractivity contribution in [2.24, 2.45) is 5.92 Å². The van der Waals surface area contributed by atoms with E-state index in [2.05, 4.69) is 10.7 Å². The summed E-state index contributed by atoms with van der Waals surface area (Å²) in [6.07, 6.45) is 4.43. The molecule has 2 unspecified atom stereocenters. The van der Waals surface area contributed by atoms with Crippen molar-refractivity contribution in [3.63, 3.8) is 0 Å². The van der Waals surface area contributed by atoms with E-state index in [0.29, 0.717) is 12.5 Å². The molecule has 0 saturated heterocycles. The van der Waals surface area contributed by atoms with Gasteiger partial charge >= 0.3 is 0 Å². The van der Waals surface area contributed by atoms with Crippen LogP contribution in [0.4, 0.5) is 8.78 Å². The van der Waals surface area contributed by atoms with Gasteiger partial charge in [-0.05, 0) is 18.9 Å². The van der Waals surface area contributed by atoms with Gasteiger partial charge in [0.05, 0.1) is 12.7 Å². The quantitative estimate of drug-likeness (QED) is 0.530. The summed E-state index contributed by atoms with van der Waals surface area (Å²) in [6, 6.07) is 2.61. The number of aromatic nitrogens is 1. The molecule has 11 heteroatoms. The predicted octanol–water partition coefficient (Wildman–Crippen LogP) is 1.23. The van der Waals surface area contributed by atoms with Crippen LogP contribution in [0, 0.1) is 17.6 Å². The molecule has 0 bridgehead atoms. The number of carbonyl (C=O) groups is 2. The zero-order valence-electron chi connectivity index (χ0n) is 17.7. The van der Waals surface area contributed by atoms with Crippen LogP contribution in [0.3, 0.4) is 0 Å². The molecule has 1 aromatic heterocycles. The van der Waals surface area contributed by atoms with Gasteiger partial charge in [-0.15, -0.1) is 0 Å². The molecule has 1 aliphatic carbocycles. The summed E-state index contributed by atoms with van der Waals surface area (Å²) in [4.78, 5) is 38.3. The number of carbonyl (C=O) groups excluding carboxylic acids is 2. The van der Waals surface area contributed by atoms with Crippen LogP contribution in [-0.4, -0.2) is 44.3 Å². The monoisotopic (exact) mass is 462 g/mol. The molecule has 4 N–H and O–H groups in total.